The number of nitrogens with zero attached hydrogens (tertiary/aromatic N) is 2. The van der Waals surface area contributed by atoms with Crippen LogP contribution in [0.4, 0.5) is 17.3 Å². The molecule has 0 fully saturated rings. The average Bonchev–Trinajstić information content (AvgIpc) is 2.49. The Hall–Kier alpha value is -2.14. The number of rotatable bonds is 6. The highest BCUT2D eigenvalue weighted by Gasteiger charge is 2.06. The van der Waals surface area contributed by atoms with E-state index in [4.69, 9.17) is 4.74 Å². The number of ether oxygens (including phenoxy) is 1. The first kappa shape index (κ1) is 14.3. The first-order valence-corrected chi connectivity index (χ1v) is 6.66. The number of hydrogen-bond acceptors (Lipinski definition) is 5. The summed E-state index contributed by atoms with van der Waals surface area (Å²) in [5.74, 6) is 2.40. The summed E-state index contributed by atoms with van der Waals surface area (Å²) < 4.78 is 5.21. The van der Waals surface area contributed by atoms with E-state index >= 15 is 0 Å². The van der Waals surface area contributed by atoms with Crippen LogP contribution in [0, 0.1) is 0 Å². The summed E-state index contributed by atoms with van der Waals surface area (Å²) in [5, 5.41) is 6.39. The predicted octanol–water partition coefficient (Wildman–Crippen LogP) is 2.97. The van der Waals surface area contributed by atoms with Crippen LogP contribution in [0.15, 0.2) is 30.3 Å². The van der Waals surface area contributed by atoms with Crippen molar-refractivity contribution >= 4 is 17.3 Å². The van der Waals surface area contributed by atoms with Gasteiger partial charge in [0.2, 0.25) is 0 Å². The molecule has 0 atom stereocenters. The Morgan fingerprint density at radius 1 is 1.15 bits per heavy atom. The van der Waals surface area contributed by atoms with Crippen LogP contribution in [0.5, 0.6) is 0 Å². The molecule has 2 N–H and O–H groups in total. The van der Waals surface area contributed by atoms with E-state index < -0.39 is 0 Å². The molecule has 1 aromatic carbocycles. The molecule has 0 aliphatic rings. The summed E-state index contributed by atoms with van der Waals surface area (Å²) in [5.41, 5.74) is 2.09. The Balaban J connectivity index is 2.29. The summed E-state index contributed by atoms with van der Waals surface area (Å²) in [6.07, 6.45) is 0.796. The molecule has 0 saturated carbocycles. The molecule has 5 heteroatoms. The molecule has 1 aromatic heterocycles. The van der Waals surface area contributed by atoms with Crippen LogP contribution in [0.3, 0.4) is 0 Å². The van der Waals surface area contributed by atoms with Crippen molar-refractivity contribution in [3.05, 3.63) is 41.7 Å². The second-order valence-electron chi connectivity index (χ2n) is 4.37. The third kappa shape index (κ3) is 3.45. The van der Waals surface area contributed by atoms with Crippen molar-refractivity contribution in [2.45, 2.75) is 20.0 Å². The van der Waals surface area contributed by atoms with Crippen molar-refractivity contribution < 1.29 is 4.74 Å². The molecule has 0 aliphatic carbocycles. The van der Waals surface area contributed by atoms with Gasteiger partial charge in [0.1, 0.15) is 17.5 Å². The van der Waals surface area contributed by atoms with Gasteiger partial charge in [-0.05, 0) is 6.07 Å². The second kappa shape index (κ2) is 6.86. The monoisotopic (exact) mass is 272 g/mol. The molecule has 2 rings (SSSR count). The summed E-state index contributed by atoms with van der Waals surface area (Å²) in [6, 6.07) is 9.93. The maximum absolute atomic E-state index is 5.21. The van der Waals surface area contributed by atoms with Crippen molar-refractivity contribution in [1.29, 1.82) is 0 Å². The van der Waals surface area contributed by atoms with Crippen LogP contribution in [0.25, 0.3) is 0 Å². The van der Waals surface area contributed by atoms with E-state index in [1.165, 1.54) is 0 Å². The quantitative estimate of drug-likeness (QED) is 0.846. The first-order valence-electron chi connectivity index (χ1n) is 6.66. The number of anilines is 3. The zero-order chi connectivity index (χ0) is 14.4. The summed E-state index contributed by atoms with van der Waals surface area (Å²) in [4.78, 5) is 8.88. The van der Waals surface area contributed by atoms with Crippen molar-refractivity contribution in [3.8, 4) is 0 Å². The normalized spacial score (nSPS) is 10.3. The standard InChI is InChI=1S/C15H20N4O/c1-4-13-18-14(16-2)9-15(19-13)17-12-8-6-5-7-11(12)10-20-3/h5-9H,4,10H2,1-3H3,(H2,16,17,18,19). The number of benzene rings is 1. The van der Waals surface area contributed by atoms with Crippen LogP contribution >= 0.6 is 0 Å². The Morgan fingerprint density at radius 3 is 2.60 bits per heavy atom. The van der Waals surface area contributed by atoms with E-state index in [0.29, 0.717) is 6.61 Å². The van der Waals surface area contributed by atoms with Gasteiger partial charge in [-0.2, -0.15) is 0 Å². The largest absolute Gasteiger partial charge is 0.380 e. The van der Waals surface area contributed by atoms with Crippen LogP contribution in [0.2, 0.25) is 0 Å². The van der Waals surface area contributed by atoms with Crippen molar-refractivity contribution in [1.82, 2.24) is 9.97 Å². The minimum atomic E-state index is 0.563. The van der Waals surface area contributed by atoms with Crippen molar-refractivity contribution in [2.75, 3.05) is 24.8 Å². The van der Waals surface area contributed by atoms with E-state index in [-0.39, 0.29) is 0 Å². The summed E-state index contributed by atoms with van der Waals surface area (Å²) >= 11 is 0. The highest BCUT2D eigenvalue weighted by molar-refractivity contribution is 5.62. The van der Waals surface area contributed by atoms with Crippen LogP contribution in [-0.4, -0.2) is 24.1 Å². The van der Waals surface area contributed by atoms with Gasteiger partial charge in [0.25, 0.3) is 0 Å². The van der Waals surface area contributed by atoms with Crippen LogP contribution in [0.1, 0.15) is 18.3 Å². The third-order valence-corrected chi connectivity index (χ3v) is 2.92. The maximum Gasteiger partial charge on any atom is 0.136 e. The lowest BCUT2D eigenvalue weighted by atomic mass is 10.2. The number of hydrogen-bond donors (Lipinski definition) is 2. The highest BCUT2D eigenvalue weighted by atomic mass is 16.5. The predicted molar refractivity (Wildman–Crippen MR) is 81.4 cm³/mol. The lowest BCUT2D eigenvalue weighted by Crippen LogP contribution is -2.04. The molecule has 0 unspecified atom stereocenters. The Bertz CT molecular complexity index is 549. The third-order valence-electron chi connectivity index (χ3n) is 2.92. The smallest absolute Gasteiger partial charge is 0.136 e. The zero-order valence-electron chi connectivity index (χ0n) is 12.1. The second-order valence-corrected chi connectivity index (χ2v) is 4.37. The highest BCUT2D eigenvalue weighted by Crippen LogP contribution is 2.21. The minimum absolute atomic E-state index is 0.563. The van der Waals surface area contributed by atoms with E-state index in [1.54, 1.807) is 7.11 Å². The van der Waals surface area contributed by atoms with Gasteiger partial charge in [-0.25, -0.2) is 9.97 Å². The number of methoxy groups -OCH3 is 1. The molecule has 0 bridgehead atoms. The molecular weight excluding hydrogens is 252 g/mol. The minimum Gasteiger partial charge on any atom is -0.380 e. The van der Waals surface area contributed by atoms with E-state index in [1.807, 2.05) is 44.3 Å². The fourth-order valence-electron chi connectivity index (χ4n) is 1.91. The molecule has 5 nitrogen and oxygen atoms in total. The number of aromatic nitrogens is 2. The van der Waals surface area contributed by atoms with E-state index in [2.05, 4.69) is 20.6 Å². The van der Waals surface area contributed by atoms with Gasteiger partial charge < -0.3 is 15.4 Å². The fourth-order valence-corrected chi connectivity index (χ4v) is 1.91. The number of nitrogens with one attached hydrogen (secondary N) is 2. The molecule has 0 radical (unpaired) electrons. The Labute approximate surface area is 119 Å². The Kier molecular flexibility index (Phi) is 4.90. The van der Waals surface area contributed by atoms with Crippen LogP contribution in [-0.2, 0) is 17.8 Å². The van der Waals surface area contributed by atoms with Gasteiger partial charge in [0.05, 0.1) is 6.61 Å². The lowest BCUT2D eigenvalue weighted by Gasteiger charge is -2.12. The molecule has 1 heterocycles. The van der Waals surface area contributed by atoms with Gasteiger partial charge in [0, 0.05) is 37.9 Å². The first-order chi connectivity index (χ1) is 9.76. The number of aryl methyl sites for hydroxylation is 1. The molecule has 0 amide bonds. The van der Waals surface area contributed by atoms with Gasteiger partial charge in [0.15, 0.2) is 0 Å². The molecule has 2 aromatic rings. The molecule has 0 aliphatic heterocycles. The van der Waals surface area contributed by atoms with E-state index in [0.717, 1.165) is 35.1 Å². The number of para-hydroxylation sites is 1. The molecule has 0 spiro atoms. The zero-order valence-corrected chi connectivity index (χ0v) is 12.1. The molecule has 0 saturated heterocycles. The molecule has 20 heavy (non-hydrogen) atoms. The van der Waals surface area contributed by atoms with Gasteiger partial charge in [-0.15, -0.1) is 0 Å². The van der Waals surface area contributed by atoms with Crippen molar-refractivity contribution in [3.63, 3.8) is 0 Å². The lowest BCUT2D eigenvalue weighted by molar-refractivity contribution is 0.185. The topological polar surface area (TPSA) is 59.1 Å². The van der Waals surface area contributed by atoms with Gasteiger partial charge in [-0.3, -0.25) is 0 Å². The van der Waals surface area contributed by atoms with Crippen LogP contribution < -0.4 is 10.6 Å². The van der Waals surface area contributed by atoms with E-state index in [9.17, 15) is 0 Å². The fraction of sp³-hybridized carbons (Fsp3) is 0.333. The molecule has 106 valence electrons. The average molecular weight is 272 g/mol. The van der Waals surface area contributed by atoms with Gasteiger partial charge in [-0.1, -0.05) is 25.1 Å². The SMILES string of the molecule is CCc1nc(NC)cc(Nc2ccccc2COC)n1. The summed E-state index contributed by atoms with van der Waals surface area (Å²) in [7, 11) is 3.54. The summed E-state index contributed by atoms with van der Waals surface area (Å²) in [6.45, 7) is 2.60. The molecular formula is C15H20N4O. The maximum atomic E-state index is 5.21. The van der Waals surface area contributed by atoms with Gasteiger partial charge >= 0.3 is 0 Å². The Morgan fingerprint density at radius 2 is 1.90 bits per heavy atom. The van der Waals surface area contributed by atoms with Crippen molar-refractivity contribution in [2.24, 2.45) is 0 Å².